The summed E-state index contributed by atoms with van der Waals surface area (Å²) in [4.78, 5) is 11.9. The molecule has 3 rings (SSSR count). The summed E-state index contributed by atoms with van der Waals surface area (Å²) in [6.07, 6.45) is -0.921. The zero-order chi connectivity index (χ0) is 20.7. The SMILES string of the molecule is O=C(NCCOc1cccc(C(F)(F)F)c1)NCc1cccc(-n2cccn2)c1. The molecule has 2 aromatic carbocycles. The summed E-state index contributed by atoms with van der Waals surface area (Å²) in [5.74, 6) is 0.0949. The van der Waals surface area contributed by atoms with Gasteiger partial charge in [0.05, 0.1) is 17.8 Å². The molecular formula is C20H19F3N4O2. The van der Waals surface area contributed by atoms with Crippen molar-refractivity contribution in [2.75, 3.05) is 13.2 Å². The van der Waals surface area contributed by atoms with E-state index in [4.69, 9.17) is 4.74 Å². The standard InChI is InChI=1S/C20H19F3N4O2/c21-20(22,23)16-5-2-7-18(13-16)29-11-9-24-19(28)25-14-15-4-1-6-17(12-15)27-10-3-8-26-27/h1-8,10,12-13H,9,11,14H2,(H2,24,25,28). The fourth-order valence-corrected chi connectivity index (χ4v) is 2.57. The Morgan fingerprint density at radius 2 is 1.90 bits per heavy atom. The summed E-state index contributed by atoms with van der Waals surface area (Å²) in [6.45, 7) is 0.508. The van der Waals surface area contributed by atoms with Gasteiger partial charge in [-0.25, -0.2) is 9.48 Å². The number of amides is 2. The molecule has 0 aliphatic rings. The molecule has 0 fully saturated rings. The van der Waals surface area contributed by atoms with E-state index >= 15 is 0 Å². The number of ether oxygens (including phenoxy) is 1. The topological polar surface area (TPSA) is 68.2 Å². The van der Waals surface area contributed by atoms with Gasteiger partial charge in [0.1, 0.15) is 12.4 Å². The maximum atomic E-state index is 12.7. The molecule has 0 aliphatic heterocycles. The van der Waals surface area contributed by atoms with E-state index in [0.717, 1.165) is 23.4 Å². The minimum absolute atomic E-state index is 0.0452. The second-order valence-electron chi connectivity index (χ2n) is 6.10. The Bertz CT molecular complexity index is 943. The summed E-state index contributed by atoms with van der Waals surface area (Å²) in [6, 6.07) is 13.6. The van der Waals surface area contributed by atoms with Crippen LogP contribution in [0.2, 0.25) is 0 Å². The lowest BCUT2D eigenvalue weighted by Gasteiger charge is -2.11. The highest BCUT2D eigenvalue weighted by molar-refractivity contribution is 5.73. The molecule has 2 amide bonds. The fraction of sp³-hybridized carbons (Fsp3) is 0.200. The van der Waals surface area contributed by atoms with Gasteiger partial charge in [-0.3, -0.25) is 0 Å². The van der Waals surface area contributed by atoms with Crippen molar-refractivity contribution >= 4 is 6.03 Å². The number of nitrogens with one attached hydrogen (secondary N) is 2. The number of alkyl halides is 3. The first kappa shape index (κ1) is 20.2. The largest absolute Gasteiger partial charge is 0.492 e. The second kappa shape index (κ2) is 9.13. The number of urea groups is 1. The van der Waals surface area contributed by atoms with Crippen LogP contribution in [-0.4, -0.2) is 29.0 Å². The molecule has 0 radical (unpaired) electrons. The van der Waals surface area contributed by atoms with E-state index in [2.05, 4.69) is 15.7 Å². The number of hydrogen-bond acceptors (Lipinski definition) is 3. The van der Waals surface area contributed by atoms with Crippen molar-refractivity contribution in [2.45, 2.75) is 12.7 Å². The molecule has 1 heterocycles. The lowest BCUT2D eigenvalue weighted by molar-refractivity contribution is -0.137. The first-order valence-corrected chi connectivity index (χ1v) is 8.82. The van der Waals surface area contributed by atoms with Crippen LogP contribution in [0.3, 0.4) is 0 Å². The van der Waals surface area contributed by atoms with Crippen molar-refractivity contribution in [3.63, 3.8) is 0 Å². The zero-order valence-electron chi connectivity index (χ0n) is 15.3. The Hall–Kier alpha value is -3.49. The summed E-state index contributed by atoms with van der Waals surface area (Å²) in [5, 5.41) is 9.47. The predicted octanol–water partition coefficient (Wildman–Crippen LogP) is 3.77. The molecule has 0 atom stereocenters. The lowest BCUT2D eigenvalue weighted by atomic mass is 10.2. The van der Waals surface area contributed by atoms with E-state index in [1.54, 1.807) is 10.9 Å². The Kier molecular flexibility index (Phi) is 6.38. The molecule has 0 saturated heterocycles. The van der Waals surface area contributed by atoms with Gasteiger partial charge in [-0.15, -0.1) is 0 Å². The molecule has 29 heavy (non-hydrogen) atoms. The molecule has 0 spiro atoms. The van der Waals surface area contributed by atoms with E-state index < -0.39 is 17.8 Å². The van der Waals surface area contributed by atoms with Crippen LogP contribution < -0.4 is 15.4 Å². The highest BCUT2D eigenvalue weighted by Gasteiger charge is 2.30. The van der Waals surface area contributed by atoms with Gasteiger partial charge in [0.25, 0.3) is 0 Å². The van der Waals surface area contributed by atoms with Gasteiger partial charge in [-0.2, -0.15) is 18.3 Å². The lowest BCUT2D eigenvalue weighted by Crippen LogP contribution is -2.37. The monoisotopic (exact) mass is 404 g/mol. The minimum Gasteiger partial charge on any atom is -0.492 e. The number of benzene rings is 2. The Labute approximate surface area is 165 Å². The number of carbonyl (C=O) groups excluding carboxylic acids is 1. The van der Waals surface area contributed by atoms with Gasteiger partial charge >= 0.3 is 12.2 Å². The van der Waals surface area contributed by atoms with Crippen molar-refractivity contribution in [2.24, 2.45) is 0 Å². The highest BCUT2D eigenvalue weighted by atomic mass is 19.4. The number of hydrogen-bond donors (Lipinski definition) is 2. The van der Waals surface area contributed by atoms with Gasteiger partial charge in [0.2, 0.25) is 0 Å². The van der Waals surface area contributed by atoms with Crippen LogP contribution in [0, 0.1) is 0 Å². The maximum Gasteiger partial charge on any atom is 0.416 e. The molecule has 0 unspecified atom stereocenters. The van der Waals surface area contributed by atoms with E-state index in [0.29, 0.717) is 6.54 Å². The van der Waals surface area contributed by atoms with Gasteiger partial charge in [-0.05, 0) is 42.0 Å². The third-order valence-corrected chi connectivity index (χ3v) is 3.95. The number of aromatic nitrogens is 2. The van der Waals surface area contributed by atoms with Crippen LogP contribution in [0.25, 0.3) is 5.69 Å². The molecule has 3 aromatic rings. The van der Waals surface area contributed by atoms with Crippen LogP contribution in [0.15, 0.2) is 67.0 Å². The fourth-order valence-electron chi connectivity index (χ4n) is 2.57. The minimum atomic E-state index is -4.42. The molecule has 152 valence electrons. The number of halogens is 3. The van der Waals surface area contributed by atoms with Gasteiger partial charge in [0.15, 0.2) is 0 Å². The van der Waals surface area contributed by atoms with Crippen LogP contribution >= 0.6 is 0 Å². The van der Waals surface area contributed by atoms with Crippen molar-refractivity contribution in [1.29, 1.82) is 0 Å². The van der Waals surface area contributed by atoms with E-state index in [9.17, 15) is 18.0 Å². The summed E-state index contributed by atoms with van der Waals surface area (Å²) >= 11 is 0. The first-order valence-electron chi connectivity index (χ1n) is 8.82. The second-order valence-corrected chi connectivity index (χ2v) is 6.10. The van der Waals surface area contributed by atoms with Crippen molar-refractivity contribution < 1.29 is 22.7 Å². The zero-order valence-corrected chi connectivity index (χ0v) is 15.3. The molecule has 9 heteroatoms. The maximum absolute atomic E-state index is 12.7. The summed E-state index contributed by atoms with van der Waals surface area (Å²) in [7, 11) is 0. The Balaban J connectivity index is 1.40. The Morgan fingerprint density at radius 3 is 2.66 bits per heavy atom. The average molecular weight is 404 g/mol. The van der Waals surface area contributed by atoms with Crippen LogP contribution in [0.1, 0.15) is 11.1 Å². The van der Waals surface area contributed by atoms with Crippen LogP contribution in [0.4, 0.5) is 18.0 Å². The predicted molar refractivity (Wildman–Crippen MR) is 101 cm³/mol. The number of nitrogens with zero attached hydrogens (tertiary/aromatic N) is 2. The molecule has 0 bridgehead atoms. The van der Waals surface area contributed by atoms with Crippen molar-refractivity contribution in [3.8, 4) is 11.4 Å². The normalized spacial score (nSPS) is 11.1. The van der Waals surface area contributed by atoms with Gasteiger partial charge < -0.3 is 15.4 Å². The summed E-state index contributed by atoms with van der Waals surface area (Å²) in [5.41, 5.74) is 0.996. The Morgan fingerprint density at radius 1 is 1.07 bits per heavy atom. The van der Waals surface area contributed by atoms with Crippen molar-refractivity contribution in [3.05, 3.63) is 78.1 Å². The third kappa shape index (κ3) is 6.00. The van der Waals surface area contributed by atoms with Gasteiger partial charge in [0, 0.05) is 18.9 Å². The van der Waals surface area contributed by atoms with Gasteiger partial charge in [-0.1, -0.05) is 18.2 Å². The molecule has 0 saturated carbocycles. The average Bonchev–Trinajstić information content (AvgIpc) is 3.24. The summed E-state index contributed by atoms with van der Waals surface area (Å²) < 4.78 is 45.0. The van der Waals surface area contributed by atoms with E-state index in [1.165, 1.54) is 12.1 Å². The van der Waals surface area contributed by atoms with Crippen molar-refractivity contribution in [1.82, 2.24) is 20.4 Å². The van der Waals surface area contributed by atoms with E-state index in [1.807, 2.05) is 36.5 Å². The van der Waals surface area contributed by atoms with Crippen LogP contribution in [-0.2, 0) is 12.7 Å². The van der Waals surface area contributed by atoms with E-state index in [-0.39, 0.29) is 18.9 Å². The molecule has 0 aliphatic carbocycles. The molecular weight excluding hydrogens is 385 g/mol. The number of carbonyl (C=O) groups is 1. The quantitative estimate of drug-likeness (QED) is 0.589. The molecule has 6 nitrogen and oxygen atoms in total. The number of rotatable bonds is 7. The highest BCUT2D eigenvalue weighted by Crippen LogP contribution is 2.31. The first-order chi connectivity index (χ1) is 13.9. The van der Waals surface area contributed by atoms with Crippen LogP contribution in [0.5, 0.6) is 5.75 Å². The molecule has 1 aromatic heterocycles. The smallest absolute Gasteiger partial charge is 0.416 e. The third-order valence-electron chi connectivity index (χ3n) is 3.95. The molecule has 2 N–H and O–H groups in total.